The molecule has 5 heteroatoms. The van der Waals surface area contributed by atoms with E-state index >= 15 is 0 Å². The Balaban J connectivity index is 1.89. The van der Waals surface area contributed by atoms with E-state index in [1.54, 1.807) is 28.7 Å². The van der Waals surface area contributed by atoms with Gasteiger partial charge in [-0.25, -0.2) is 9.37 Å². The summed E-state index contributed by atoms with van der Waals surface area (Å²) < 4.78 is 14.3. The number of aromatic nitrogens is 1. The van der Waals surface area contributed by atoms with E-state index in [0.717, 1.165) is 34.5 Å². The summed E-state index contributed by atoms with van der Waals surface area (Å²) in [6.07, 6.45) is 3.82. The van der Waals surface area contributed by atoms with Crippen LogP contribution in [0.25, 0.3) is 10.1 Å². The molecular weight excluding hydrogens is 303 g/mol. The number of nitrogens with zero attached hydrogens (tertiary/aromatic N) is 1. The van der Waals surface area contributed by atoms with Crippen LogP contribution >= 0.6 is 22.7 Å². The Morgan fingerprint density at radius 3 is 3.00 bits per heavy atom. The minimum atomic E-state index is -0.172. The van der Waals surface area contributed by atoms with Crippen LogP contribution in [0.1, 0.15) is 29.3 Å². The molecule has 0 bridgehead atoms. The summed E-state index contributed by atoms with van der Waals surface area (Å²) in [5.41, 5.74) is 0. The normalized spacial score (nSPS) is 12.9. The number of fused-ring (bicyclic) bond motifs is 1. The van der Waals surface area contributed by atoms with Gasteiger partial charge in [-0.05, 0) is 36.6 Å². The fraction of sp³-hybridized carbons (Fsp3) is 0.312. The summed E-state index contributed by atoms with van der Waals surface area (Å²) >= 11 is 3.35. The lowest BCUT2D eigenvalue weighted by molar-refractivity contribution is 0.536. The molecule has 0 spiro atoms. The molecule has 0 aliphatic rings. The van der Waals surface area contributed by atoms with Crippen LogP contribution in [0, 0.1) is 5.82 Å². The number of benzene rings is 1. The van der Waals surface area contributed by atoms with Gasteiger partial charge in [-0.15, -0.1) is 22.7 Å². The Morgan fingerprint density at radius 1 is 1.33 bits per heavy atom. The van der Waals surface area contributed by atoms with Crippen molar-refractivity contribution in [3.63, 3.8) is 0 Å². The standard InChI is InChI=1S/C16H17FN2S2/c1-2-5-18-13(10-16-19-6-7-20-16)15-8-11-3-4-12(17)9-14(11)21-15/h3-4,6-9,13,18H,2,5,10H2,1H3. The van der Waals surface area contributed by atoms with E-state index in [4.69, 9.17) is 0 Å². The summed E-state index contributed by atoms with van der Waals surface area (Å²) in [6.45, 7) is 3.13. The third kappa shape index (κ3) is 3.48. The molecule has 1 unspecified atom stereocenters. The molecule has 2 aromatic heterocycles. The summed E-state index contributed by atoms with van der Waals surface area (Å²) in [7, 11) is 0. The molecule has 1 aromatic carbocycles. The van der Waals surface area contributed by atoms with Crippen molar-refractivity contribution in [2.75, 3.05) is 6.54 Å². The first-order chi connectivity index (χ1) is 10.3. The molecule has 1 atom stereocenters. The number of rotatable bonds is 6. The maximum atomic E-state index is 13.3. The van der Waals surface area contributed by atoms with Gasteiger partial charge in [0.2, 0.25) is 0 Å². The average Bonchev–Trinajstić information content (AvgIpc) is 3.11. The van der Waals surface area contributed by atoms with Crippen molar-refractivity contribution in [3.8, 4) is 0 Å². The largest absolute Gasteiger partial charge is 0.309 e. The summed E-state index contributed by atoms with van der Waals surface area (Å²) in [5.74, 6) is -0.172. The van der Waals surface area contributed by atoms with Crippen molar-refractivity contribution in [1.29, 1.82) is 0 Å². The quantitative estimate of drug-likeness (QED) is 0.707. The Bertz CT molecular complexity index is 706. The zero-order valence-electron chi connectivity index (χ0n) is 11.8. The molecule has 3 aromatic rings. The lowest BCUT2D eigenvalue weighted by Gasteiger charge is -2.15. The Kier molecular flexibility index (Phi) is 4.63. The maximum absolute atomic E-state index is 13.3. The van der Waals surface area contributed by atoms with Crippen LogP contribution in [-0.2, 0) is 6.42 Å². The van der Waals surface area contributed by atoms with Gasteiger partial charge < -0.3 is 5.32 Å². The molecule has 21 heavy (non-hydrogen) atoms. The molecule has 0 saturated heterocycles. The van der Waals surface area contributed by atoms with E-state index in [1.165, 1.54) is 10.9 Å². The molecule has 2 heterocycles. The van der Waals surface area contributed by atoms with Gasteiger partial charge in [0.1, 0.15) is 5.82 Å². The third-order valence-corrected chi connectivity index (χ3v) is 5.36. The highest BCUT2D eigenvalue weighted by Crippen LogP contribution is 2.32. The molecule has 0 aliphatic carbocycles. The van der Waals surface area contributed by atoms with Crippen LogP contribution in [0.15, 0.2) is 35.8 Å². The van der Waals surface area contributed by atoms with Gasteiger partial charge in [0.15, 0.2) is 0 Å². The predicted octanol–water partition coefficient (Wildman–Crippen LogP) is 4.78. The van der Waals surface area contributed by atoms with Crippen molar-refractivity contribution < 1.29 is 4.39 Å². The lowest BCUT2D eigenvalue weighted by atomic mass is 10.1. The molecular formula is C16H17FN2S2. The molecule has 0 fully saturated rings. The molecule has 0 saturated carbocycles. The Labute approximate surface area is 131 Å². The summed E-state index contributed by atoms with van der Waals surface area (Å²) in [6, 6.07) is 7.40. The van der Waals surface area contributed by atoms with Crippen LogP contribution in [-0.4, -0.2) is 11.5 Å². The second kappa shape index (κ2) is 6.64. The maximum Gasteiger partial charge on any atom is 0.124 e. The van der Waals surface area contributed by atoms with Crippen molar-refractivity contribution in [2.24, 2.45) is 0 Å². The molecule has 0 radical (unpaired) electrons. The number of thiazole rings is 1. The predicted molar refractivity (Wildman–Crippen MR) is 88.6 cm³/mol. The van der Waals surface area contributed by atoms with Gasteiger partial charge in [-0.2, -0.15) is 0 Å². The van der Waals surface area contributed by atoms with Crippen molar-refractivity contribution in [2.45, 2.75) is 25.8 Å². The monoisotopic (exact) mass is 320 g/mol. The number of halogens is 1. The van der Waals surface area contributed by atoms with E-state index in [-0.39, 0.29) is 11.9 Å². The smallest absolute Gasteiger partial charge is 0.124 e. The van der Waals surface area contributed by atoms with Gasteiger partial charge in [0, 0.05) is 33.6 Å². The Morgan fingerprint density at radius 2 is 2.24 bits per heavy atom. The zero-order valence-corrected chi connectivity index (χ0v) is 13.4. The lowest BCUT2D eigenvalue weighted by Crippen LogP contribution is -2.23. The molecule has 2 nitrogen and oxygen atoms in total. The number of thiophene rings is 1. The number of hydrogen-bond acceptors (Lipinski definition) is 4. The van der Waals surface area contributed by atoms with Crippen LogP contribution in [0.4, 0.5) is 4.39 Å². The van der Waals surface area contributed by atoms with Crippen molar-refractivity contribution in [3.05, 3.63) is 51.5 Å². The highest BCUT2D eigenvalue weighted by atomic mass is 32.1. The Hall–Kier alpha value is -1.30. The SMILES string of the molecule is CCCNC(Cc1nccs1)c1cc2ccc(F)cc2s1. The van der Waals surface area contributed by atoms with Crippen molar-refractivity contribution >= 4 is 32.8 Å². The van der Waals surface area contributed by atoms with Crippen molar-refractivity contribution in [1.82, 2.24) is 10.3 Å². The topological polar surface area (TPSA) is 24.9 Å². The average molecular weight is 320 g/mol. The molecule has 0 aliphatic heterocycles. The minimum absolute atomic E-state index is 0.172. The second-order valence-electron chi connectivity index (χ2n) is 4.97. The fourth-order valence-corrected chi connectivity index (χ4v) is 4.15. The minimum Gasteiger partial charge on any atom is -0.309 e. The van der Waals surface area contributed by atoms with Gasteiger partial charge in [-0.3, -0.25) is 0 Å². The molecule has 0 amide bonds. The fourth-order valence-electron chi connectivity index (χ4n) is 2.32. The van der Waals surface area contributed by atoms with Gasteiger partial charge in [0.25, 0.3) is 0 Å². The molecule has 1 N–H and O–H groups in total. The molecule has 3 rings (SSSR count). The van der Waals surface area contributed by atoms with Crippen LogP contribution < -0.4 is 5.32 Å². The third-order valence-electron chi connectivity index (χ3n) is 3.35. The first-order valence-corrected chi connectivity index (χ1v) is 8.76. The van der Waals surface area contributed by atoms with Crippen LogP contribution in [0.5, 0.6) is 0 Å². The number of hydrogen-bond donors (Lipinski definition) is 1. The first-order valence-electron chi connectivity index (χ1n) is 7.07. The molecule has 110 valence electrons. The van der Waals surface area contributed by atoms with E-state index in [0.29, 0.717) is 0 Å². The zero-order chi connectivity index (χ0) is 14.7. The highest BCUT2D eigenvalue weighted by Gasteiger charge is 2.16. The van der Waals surface area contributed by atoms with E-state index in [9.17, 15) is 4.39 Å². The van der Waals surface area contributed by atoms with E-state index in [1.807, 2.05) is 17.6 Å². The van der Waals surface area contributed by atoms with Crippen LogP contribution in [0.3, 0.4) is 0 Å². The van der Waals surface area contributed by atoms with Crippen LogP contribution in [0.2, 0.25) is 0 Å². The van der Waals surface area contributed by atoms with Gasteiger partial charge in [-0.1, -0.05) is 13.0 Å². The number of nitrogens with one attached hydrogen (secondary N) is 1. The second-order valence-corrected chi connectivity index (χ2v) is 7.06. The van der Waals surface area contributed by atoms with E-state index < -0.39 is 0 Å². The van der Waals surface area contributed by atoms with Gasteiger partial charge in [0.05, 0.1) is 5.01 Å². The van der Waals surface area contributed by atoms with Gasteiger partial charge >= 0.3 is 0 Å². The first kappa shape index (κ1) is 14.6. The summed E-state index contributed by atoms with van der Waals surface area (Å²) in [5, 5.41) is 7.83. The highest BCUT2D eigenvalue weighted by molar-refractivity contribution is 7.19. The van der Waals surface area contributed by atoms with E-state index in [2.05, 4.69) is 23.3 Å². The summed E-state index contributed by atoms with van der Waals surface area (Å²) in [4.78, 5) is 5.63.